The molecule has 1 aromatic rings. The molecule has 1 fully saturated rings. The Morgan fingerprint density at radius 1 is 1.47 bits per heavy atom. The lowest BCUT2D eigenvalue weighted by atomic mass is 9.80. The van der Waals surface area contributed by atoms with Gasteiger partial charge in [0.05, 0.1) is 0 Å². The summed E-state index contributed by atoms with van der Waals surface area (Å²) in [5.41, 5.74) is 1.63. The van der Waals surface area contributed by atoms with E-state index >= 15 is 0 Å². The maximum atomic E-state index is 12.3. The molecule has 1 aromatic heterocycles. The minimum atomic E-state index is 0.00741. The molecule has 1 heterocycles. The molecule has 2 rings (SSSR count). The van der Waals surface area contributed by atoms with E-state index in [9.17, 15) is 4.79 Å². The average molecular weight is 261 g/mol. The minimum Gasteiger partial charge on any atom is -0.373 e. The quantitative estimate of drug-likeness (QED) is 0.856. The molecule has 1 unspecified atom stereocenters. The van der Waals surface area contributed by atoms with Gasteiger partial charge in [0.2, 0.25) is 0 Å². The van der Waals surface area contributed by atoms with Gasteiger partial charge in [0.1, 0.15) is 5.82 Å². The SMILES string of the molecule is CCc1cc(C(=O)NC(C)C2CCC2)cc(NC)n1. The molecule has 0 bridgehead atoms. The van der Waals surface area contributed by atoms with Crippen LogP contribution in [0.25, 0.3) is 0 Å². The summed E-state index contributed by atoms with van der Waals surface area (Å²) in [6.07, 6.45) is 4.59. The predicted molar refractivity (Wildman–Crippen MR) is 77.4 cm³/mol. The first-order valence-electron chi connectivity index (χ1n) is 7.13. The predicted octanol–water partition coefficient (Wildman–Crippen LogP) is 2.60. The molecule has 0 radical (unpaired) electrons. The summed E-state index contributed by atoms with van der Waals surface area (Å²) in [5.74, 6) is 1.41. The summed E-state index contributed by atoms with van der Waals surface area (Å²) in [4.78, 5) is 16.7. The number of carbonyl (C=O) groups excluding carboxylic acids is 1. The zero-order valence-corrected chi connectivity index (χ0v) is 12.0. The van der Waals surface area contributed by atoms with Crippen LogP contribution in [0.2, 0.25) is 0 Å². The Hall–Kier alpha value is -1.58. The number of anilines is 1. The molecule has 0 spiro atoms. The first kappa shape index (κ1) is 13.8. The van der Waals surface area contributed by atoms with Gasteiger partial charge in [-0.3, -0.25) is 4.79 Å². The van der Waals surface area contributed by atoms with E-state index in [0.717, 1.165) is 17.9 Å². The summed E-state index contributed by atoms with van der Waals surface area (Å²) in [7, 11) is 1.82. The molecule has 1 aliphatic carbocycles. The molecule has 1 aliphatic rings. The Morgan fingerprint density at radius 2 is 2.21 bits per heavy atom. The van der Waals surface area contributed by atoms with E-state index in [0.29, 0.717) is 11.5 Å². The fraction of sp³-hybridized carbons (Fsp3) is 0.600. The maximum absolute atomic E-state index is 12.3. The van der Waals surface area contributed by atoms with Crippen LogP contribution in [0.4, 0.5) is 5.82 Å². The minimum absolute atomic E-state index is 0.00741. The molecule has 0 aliphatic heterocycles. The smallest absolute Gasteiger partial charge is 0.251 e. The van der Waals surface area contributed by atoms with Crippen molar-refractivity contribution >= 4 is 11.7 Å². The summed E-state index contributed by atoms with van der Waals surface area (Å²) < 4.78 is 0. The first-order valence-corrected chi connectivity index (χ1v) is 7.13. The van der Waals surface area contributed by atoms with Crippen LogP contribution in [-0.4, -0.2) is 24.0 Å². The van der Waals surface area contributed by atoms with E-state index in [1.54, 1.807) is 0 Å². The fourth-order valence-corrected chi connectivity index (χ4v) is 2.38. The second-order valence-corrected chi connectivity index (χ2v) is 5.29. The Bertz CT molecular complexity index is 432. The monoisotopic (exact) mass is 261 g/mol. The van der Waals surface area contributed by atoms with Crippen LogP contribution in [0.1, 0.15) is 49.2 Å². The second-order valence-electron chi connectivity index (χ2n) is 5.29. The number of nitrogens with one attached hydrogen (secondary N) is 2. The summed E-state index contributed by atoms with van der Waals surface area (Å²) in [5, 5.41) is 6.11. The lowest BCUT2D eigenvalue weighted by Gasteiger charge is -2.31. The number of carbonyl (C=O) groups is 1. The molecule has 19 heavy (non-hydrogen) atoms. The standard InChI is InChI=1S/C15H23N3O/c1-4-13-8-12(9-14(16-3)18-13)15(19)17-10(2)11-6-5-7-11/h8-11H,4-7H2,1-3H3,(H,16,18)(H,17,19). The van der Waals surface area contributed by atoms with E-state index in [2.05, 4.69) is 22.5 Å². The molecule has 4 nitrogen and oxygen atoms in total. The van der Waals surface area contributed by atoms with E-state index in [4.69, 9.17) is 0 Å². The van der Waals surface area contributed by atoms with E-state index in [1.165, 1.54) is 19.3 Å². The van der Waals surface area contributed by atoms with Crippen molar-refractivity contribution in [3.8, 4) is 0 Å². The molecule has 0 saturated heterocycles. The van der Waals surface area contributed by atoms with Gasteiger partial charge in [-0.1, -0.05) is 13.3 Å². The van der Waals surface area contributed by atoms with Gasteiger partial charge in [0.15, 0.2) is 0 Å². The van der Waals surface area contributed by atoms with Gasteiger partial charge < -0.3 is 10.6 Å². The highest BCUT2D eigenvalue weighted by molar-refractivity contribution is 5.95. The molecule has 0 aromatic carbocycles. The van der Waals surface area contributed by atoms with Gasteiger partial charge in [0.25, 0.3) is 5.91 Å². The highest BCUT2D eigenvalue weighted by Crippen LogP contribution is 2.29. The van der Waals surface area contributed by atoms with Crippen molar-refractivity contribution in [3.05, 3.63) is 23.4 Å². The van der Waals surface area contributed by atoms with E-state index < -0.39 is 0 Å². The van der Waals surface area contributed by atoms with Crippen LogP contribution in [0.15, 0.2) is 12.1 Å². The van der Waals surface area contributed by atoms with Gasteiger partial charge in [-0.15, -0.1) is 0 Å². The molecule has 104 valence electrons. The van der Waals surface area contributed by atoms with Crippen molar-refractivity contribution in [2.24, 2.45) is 5.92 Å². The summed E-state index contributed by atoms with van der Waals surface area (Å²) in [6.45, 7) is 4.14. The third-order valence-electron chi connectivity index (χ3n) is 3.97. The lowest BCUT2D eigenvalue weighted by Crippen LogP contribution is -2.40. The van der Waals surface area contributed by atoms with Crippen molar-refractivity contribution in [1.29, 1.82) is 0 Å². The largest absolute Gasteiger partial charge is 0.373 e. The van der Waals surface area contributed by atoms with Crippen LogP contribution in [-0.2, 0) is 6.42 Å². The second kappa shape index (κ2) is 6.04. The summed E-state index contributed by atoms with van der Waals surface area (Å²) >= 11 is 0. The van der Waals surface area contributed by atoms with Gasteiger partial charge in [0, 0.05) is 24.3 Å². The summed E-state index contributed by atoms with van der Waals surface area (Å²) in [6, 6.07) is 3.95. The normalized spacial score (nSPS) is 16.6. The zero-order chi connectivity index (χ0) is 13.8. The highest BCUT2D eigenvalue weighted by atomic mass is 16.1. The van der Waals surface area contributed by atoms with E-state index in [-0.39, 0.29) is 11.9 Å². The molecule has 4 heteroatoms. The van der Waals surface area contributed by atoms with Crippen molar-refractivity contribution in [3.63, 3.8) is 0 Å². The van der Waals surface area contributed by atoms with Crippen molar-refractivity contribution in [2.45, 2.75) is 45.6 Å². The van der Waals surface area contributed by atoms with Crippen molar-refractivity contribution in [1.82, 2.24) is 10.3 Å². The van der Waals surface area contributed by atoms with Gasteiger partial charge in [-0.05, 0) is 44.2 Å². The molecule has 1 saturated carbocycles. The molecule has 1 atom stereocenters. The Kier molecular flexibility index (Phi) is 4.40. The fourth-order valence-electron chi connectivity index (χ4n) is 2.38. The van der Waals surface area contributed by atoms with Crippen LogP contribution >= 0.6 is 0 Å². The molecular weight excluding hydrogens is 238 g/mol. The number of aryl methyl sites for hydroxylation is 1. The number of rotatable bonds is 5. The number of hydrogen-bond acceptors (Lipinski definition) is 3. The Morgan fingerprint density at radius 3 is 2.74 bits per heavy atom. The molecule has 1 amide bonds. The number of nitrogens with zero attached hydrogens (tertiary/aromatic N) is 1. The lowest BCUT2D eigenvalue weighted by molar-refractivity contribution is 0.0909. The van der Waals surface area contributed by atoms with Gasteiger partial charge in [-0.25, -0.2) is 4.98 Å². The topological polar surface area (TPSA) is 54.0 Å². The third kappa shape index (κ3) is 3.25. The van der Waals surface area contributed by atoms with Crippen molar-refractivity contribution < 1.29 is 4.79 Å². The van der Waals surface area contributed by atoms with Gasteiger partial charge >= 0.3 is 0 Å². The molecule has 2 N–H and O–H groups in total. The van der Waals surface area contributed by atoms with Crippen LogP contribution in [0.3, 0.4) is 0 Å². The maximum Gasteiger partial charge on any atom is 0.251 e. The first-order chi connectivity index (χ1) is 9.13. The average Bonchev–Trinajstić information content (AvgIpc) is 2.35. The zero-order valence-electron chi connectivity index (χ0n) is 12.0. The Labute approximate surface area is 115 Å². The number of pyridine rings is 1. The number of aromatic nitrogens is 1. The van der Waals surface area contributed by atoms with E-state index in [1.807, 2.05) is 26.1 Å². The van der Waals surface area contributed by atoms with Crippen LogP contribution in [0.5, 0.6) is 0 Å². The Balaban J connectivity index is 2.08. The molecular formula is C15H23N3O. The number of hydrogen-bond donors (Lipinski definition) is 2. The third-order valence-corrected chi connectivity index (χ3v) is 3.97. The van der Waals surface area contributed by atoms with Crippen LogP contribution < -0.4 is 10.6 Å². The highest BCUT2D eigenvalue weighted by Gasteiger charge is 2.25. The van der Waals surface area contributed by atoms with Gasteiger partial charge in [-0.2, -0.15) is 0 Å². The van der Waals surface area contributed by atoms with Crippen LogP contribution in [0, 0.1) is 5.92 Å². The number of amides is 1. The van der Waals surface area contributed by atoms with Crippen molar-refractivity contribution in [2.75, 3.05) is 12.4 Å².